The van der Waals surface area contributed by atoms with E-state index in [0.29, 0.717) is 29.1 Å². The number of benzene rings is 2. The van der Waals surface area contributed by atoms with Crippen LogP contribution in [0.15, 0.2) is 57.9 Å². The molecule has 0 saturated carbocycles. The second kappa shape index (κ2) is 9.63. The summed E-state index contributed by atoms with van der Waals surface area (Å²) in [6, 6.07) is 12.0. The Morgan fingerprint density at radius 2 is 1.70 bits per heavy atom. The van der Waals surface area contributed by atoms with Crippen molar-refractivity contribution in [1.82, 2.24) is 9.21 Å². The molecule has 0 bridgehead atoms. The van der Waals surface area contributed by atoms with Crippen molar-refractivity contribution in [2.75, 3.05) is 40.4 Å². The Balaban J connectivity index is 1.62. The number of methoxy groups -OCH3 is 2. The van der Waals surface area contributed by atoms with Crippen LogP contribution in [0, 0.1) is 0 Å². The van der Waals surface area contributed by atoms with E-state index in [-0.39, 0.29) is 23.9 Å². The third-order valence-electron chi connectivity index (χ3n) is 4.81. The highest BCUT2D eigenvalue weighted by molar-refractivity contribution is 9.10. The number of amides is 1. The molecule has 1 fully saturated rings. The Bertz CT molecular complexity index is 1050. The van der Waals surface area contributed by atoms with Gasteiger partial charge in [0.25, 0.3) is 0 Å². The molecule has 0 unspecified atom stereocenters. The van der Waals surface area contributed by atoms with E-state index in [0.717, 1.165) is 5.56 Å². The molecule has 0 aliphatic carbocycles. The van der Waals surface area contributed by atoms with Gasteiger partial charge < -0.3 is 14.4 Å². The normalized spacial score (nSPS) is 15.4. The lowest BCUT2D eigenvalue weighted by atomic mass is 10.2. The quantitative estimate of drug-likeness (QED) is 0.576. The van der Waals surface area contributed by atoms with Gasteiger partial charge in [-0.25, -0.2) is 8.42 Å². The van der Waals surface area contributed by atoms with Gasteiger partial charge in [0.15, 0.2) is 11.5 Å². The summed E-state index contributed by atoms with van der Waals surface area (Å²) in [4.78, 5) is 14.4. The molecule has 1 saturated heterocycles. The molecular weight excluding hydrogens is 472 g/mol. The van der Waals surface area contributed by atoms with Gasteiger partial charge in [0.05, 0.1) is 19.1 Å². The van der Waals surface area contributed by atoms with E-state index < -0.39 is 10.0 Å². The van der Waals surface area contributed by atoms with Gasteiger partial charge in [0, 0.05) is 36.7 Å². The topological polar surface area (TPSA) is 76.2 Å². The lowest BCUT2D eigenvalue weighted by Crippen LogP contribution is -2.50. The van der Waals surface area contributed by atoms with Crippen LogP contribution in [0.3, 0.4) is 0 Å². The third-order valence-corrected chi connectivity index (χ3v) is 7.20. The first kappa shape index (κ1) is 22.3. The Morgan fingerprint density at radius 1 is 1.00 bits per heavy atom. The van der Waals surface area contributed by atoms with Gasteiger partial charge in [-0.2, -0.15) is 4.31 Å². The highest BCUT2D eigenvalue weighted by atomic mass is 79.9. The molecule has 30 heavy (non-hydrogen) atoms. The minimum Gasteiger partial charge on any atom is -0.493 e. The van der Waals surface area contributed by atoms with Crippen LogP contribution in [0.2, 0.25) is 0 Å². The van der Waals surface area contributed by atoms with Crippen molar-refractivity contribution >= 4 is 37.9 Å². The van der Waals surface area contributed by atoms with Crippen LogP contribution in [0.25, 0.3) is 6.08 Å². The second-order valence-electron chi connectivity index (χ2n) is 6.63. The molecule has 0 radical (unpaired) electrons. The summed E-state index contributed by atoms with van der Waals surface area (Å²) in [5.74, 6) is 1.03. The Kier molecular flexibility index (Phi) is 7.17. The molecule has 0 atom stereocenters. The summed E-state index contributed by atoms with van der Waals surface area (Å²) in [6.07, 6.45) is 3.19. The van der Waals surface area contributed by atoms with Crippen LogP contribution >= 0.6 is 15.9 Å². The highest BCUT2D eigenvalue weighted by Crippen LogP contribution is 2.28. The molecule has 1 amide bonds. The predicted molar refractivity (Wildman–Crippen MR) is 118 cm³/mol. The molecule has 0 N–H and O–H groups in total. The molecule has 1 aliphatic heterocycles. The van der Waals surface area contributed by atoms with E-state index in [2.05, 4.69) is 15.9 Å². The second-order valence-corrected chi connectivity index (χ2v) is 9.49. The number of sulfonamides is 1. The molecule has 1 heterocycles. The van der Waals surface area contributed by atoms with Crippen LogP contribution in [0.5, 0.6) is 11.5 Å². The maximum Gasteiger partial charge on any atom is 0.246 e. The smallest absolute Gasteiger partial charge is 0.246 e. The summed E-state index contributed by atoms with van der Waals surface area (Å²) in [5.41, 5.74) is 0.803. The van der Waals surface area contributed by atoms with E-state index in [4.69, 9.17) is 9.47 Å². The Morgan fingerprint density at radius 3 is 2.33 bits per heavy atom. The van der Waals surface area contributed by atoms with Crippen molar-refractivity contribution < 1.29 is 22.7 Å². The SMILES string of the molecule is COc1ccc(/C=C/C(=O)N2CCN(S(=O)(=O)c3cccc(Br)c3)CC2)cc1OC. The van der Waals surface area contributed by atoms with E-state index in [1.807, 2.05) is 6.07 Å². The fourth-order valence-corrected chi connectivity index (χ4v) is 5.17. The van der Waals surface area contributed by atoms with Crippen molar-refractivity contribution in [2.24, 2.45) is 0 Å². The summed E-state index contributed by atoms with van der Waals surface area (Å²) >= 11 is 3.30. The third kappa shape index (κ3) is 5.03. The number of carbonyl (C=O) groups excluding carboxylic acids is 1. The first-order valence-corrected chi connectivity index (χ1v) is 11.5. The number of rotatable bonds is 6. The van der Waals surface area contributed by atoms with E-state index >= 15 is 0 Å². The Labute approximate surface area is 185 Å². The van der Waals surface area contributed by atoms with Gasteiger partial charge in [-0.3, -0.25) is 4.79 Å². The van der Waals surface area contributed by atoms with E-state index in [9.17, 15) is 13.2 Å². The van der Waals surface area contributed by atoms with Gasteiger partial charge >= 0.3 is 0 Å². The average Bonchev–Trinajstić information content (AvgIpc) is 2.77. The molecule has 0 spiro atoms. The summed E-state index contributed by atoms with van der Waals surface area (Å²) in [7, 11) is -0.465. The zero-order valence-corrected chi connectivity index (χ0v) is 19.1. The number of hydrogen-bond donors (Lipinski definition) is 0. The van der Waals surface area contributed by atoms with E-state index in [1.165, 1.54) is 10.4 Å². The fourth-order valence-electron chi connectivity index (χ4n) is 3.15. The van der Waals surface area contributed by atoms with Gasteiger partial charge in [-0.05, 0) is 42.0 Å². The summed E-state index contributed by atoms with van der Waals surface area (Å²) in [5, 5.41) is 0. The number of carbonyl (C=O) groups is 1. The highest BCUT2D eigenvalue weighted by Gasteiger charge is 2.29. The lowest BCUT2D eigenvalue weighted by molar-refractivity contribution is -0.127. The summed E-state index contributed by atoms with van der Waals surface area (Å²) < 4.78 is 38.2. The summed E-state index contributed by atoms with van der Waals surface area (Å²) in [6.45, 7) is 1.18. The van der Waals surface area contributed by atoms with Crippen LogP contribution in [-0.4, -0.2) is 63.9 Å². The molecule has 2 aromatic carbocycles. The van der Waals surface area contributed by atoms with E-state index in [1.54, 1.807) is 61.6 Å². The predicted octanol–water partition coefficient (Wildman–Crippen LogP) is 3.01. The number of hydrogen-bond acceptors (Lipinski definition) is 5. The molecule has 3 rings (SSSR count). The van der Waals surface area contributed by atoms with Crippen molar-refractivity contribution in [1.29, 1.82) is 0 Å². The first-order chi connectivity index (χ1) is 14.3. The van der Waals surface area contributed by atoms with Gasteiger partial charge in [-0.15, -0.1) is 0 Å². The molecule has 2 aromatic rings. The number of ether oxygens (including phenoxy) is 2. The van der Waals surface area contributed by atoms with Crippen molar-refractivity contribution in [3.8, 4) is 11.5 Å². The number of nitrogens with zero attached hydrogens (tertiary/aromatic N) is 2. The molecule has 9 heteroatoms. The van der Waals surface area contributed by atoms with Crippen LogP contribution < -0.4 is 9.47 Å². The standard InChI is InChI=1S/C21H23BrN2O5S/c1-28-19-8-6-16(14-20(19)29-2)7-9-21(25)23-10-12-24(13-11-23)30(26,27)18-5-3-4-17(22)15-18/h3-9,14-15H,10-13H2,1-2H3/b9-7+. The molecule has 160 valence electrons. The fraction of sp³-hybridized carbons (Fsp3) is 0.286. The maximum atomic E-state index is 12.8. The zero-order valence-electron chi connectivity index (χ0n) is 16.7. The molecule has 7 nitrogen and oxygen atoms in total. The largest absolute Gasteiger partial charge is 0.493 e. The zero-order chi connectivity index (χ0) is 21.7. The van der Waals surface area contributed by atoms with Crippen molar-refractivity contribution in [2.45, 2.75) is 4.90 Å². The lowest BCUT2D eigenvalue weighted by Gasteiger charge is -2.33. The molecular formula is C21H23BrN2O5S. The number of halogens is 1. The minimum absolute atomic E-state index is 0.163. The maximum absolute atomic E-state index is 12.8. The van der Waals surface area contributed by atoms with Crippen LogP contribution in [0.4, 0.5) is 0 Å². The number of piperazine rings is 1. The van der Waals surface area contributed by atoms with Crippen LogP contribution in [-0.2, 0) is 14.8 Å². The van der Waals surface area contributed by atoms with Gasteiger partial charge in [0.1, 0.15) is 0 Å². The molecule has 0 aromatic heterocycles. The van der Waals surface area contributed by atoms with Gasteiger partial charge in [-0.1, -0.05) is 28.1 Å². The monoisotopic (exact) mass is 494 g/mol. The average molecular weight is 495 g/mol. The van der Waals surface area contributed by atoms with Crippen molar-refractivity contribution in [3.05, 3.63) is 58.6 Å². The first-order valence-electron chi connectivity index (χ1n) is 9.30. The van der Waals surface area contributed by atoms with Crippen molar-refractivity contribution in [3.63, 3.8) is 0 Å². The van der Waals surface area contributed by atoms with Gasteiger partial charge in [0.2, 0.25) is 15.9 Å². The minimum atomic E-state index is -3.58. The molecule has 1 aliphatic rings. The van der Waals surface area contributed by atoms with Crippen LogP contribution in [0.1, 0.15) is 5.56 Å². The Hall–Kier alpha value is -2.36.